The minimum absolute atomic E-state index is 0.314. The number of amides is 1. The Morgan fingerprint density at radius 2 is 1.61 bits per heavy atom. The van der Waals surface area contributed by atoms with Crippen molar-refractivity contribution in [3.8, 4) is 0 Å². The molecule has 0 bridgehead atoms. The zero-order valence-corrected chi connectivity index (χ0v) is 16.8. The van der Waals surface area contributed by atoms with Gasteiger partial charge in [0.1, 0.15) is 55.1 Å². The highest BCUT2D eigenvalue weighted by atomic mass is 16.7. The smallest absolute Gasteiger partial charge is 0.217 e. The van der Waals surface area contributed by atoms with Crippen LogP contribution in [0.5, 0.6) is 0 Å². The maximum Gasteiger partial charge on any atom is 0.217 e. The van der Waals surface area contributed by atoms with Crippen molar-refractivity contribution in [2.75, 3.05) is 19.8 Å². The van der Waals surface area contributed by atoms with Gasteiger partial charge in [-0.25, -0.2) is 0 Å². The van der Waals surface area contributed by atoms with E-state index in [1.54, 1.807) is 0 Å². The Morgan fingerprint density at radius 1 is 1.03 bits per heavy atom. The number of carbonyl (C=O) groups is 2. The topological polar surface area (TPSA) is 230 Å². The summed E-state index contributed by atoms with van der Waals surface area (Å²) >= 11 is 0. The van der Waals surface area contributed by atoms with E-state index in [-0.39, 0.29) is 6.61 Å². The number of hydrogen-bond donors (Lipinski definition) is 8. The number of aliphatic hydroxyl groups is 6. The predicted octanol–water partition coefficient (Wildman–Crippen LogP) is -5.70. The monoisotopic (exact) mass is 454 g/mol. The maximum atomic E-state index is 11.7. The van der Waals surface area contributed by atoms with Crippen molar-refractivity contribution in [1.29, 1.82) is 0 Å². The third-order valence-electron chi connectivity index (χ3n) is 4.99. The van der Waals surface area contributed by atoms with Crippen LogP contribution in [0.4, 0.5) is 0 Å². The summed E-state index contributed by atoms with van der Waals surface area (Å²) in [6.45, 7) is -0.526. The Morgan fingerprint density at radius 3 is 2.16 bits per heavy atom. The number of aldehydes is 1. The molecule has 0 saturated carbocycles. The largest absolute Gasteiger partial charge is 0.394 e. The van der Waals surface area contributed by atoms with Gasteiger partial charge in [0.15, 0.2) is 12.6 Å². The van der Waals surface area contributed by atoms with E-state index in [1.165, 1.54) is 6.92 Å². The van der Waals surface area contributed by atoms with E-state index in [9.17, 15) is 40.2 Å². The van der Waals surface area contributed by atoms with Gasteiger partial charge in [0.25, 0.3) is 0 Å². The molecule has 0 aromatic heterocycles. The van der Waals surface area contributed by atoms with Crippen LogP contribution in [0.3, 0.4) is 0 Å². The number of ether oxygens (including phenoxy) is 4. The summed E-state index contributed by atoms with van der Waals surface area (Å²) in [6, 6.07) is -2.23. The molecule has 2 heterocycles. The van der Waals surface area contributed by atoms with Gasteiger partial charge in [-0.2, -0.15) is 0 Å². The number of hydrogen-bond acceptors (Lipinski definition) is 13. The van der Waals surface area contributed by atoms with Gasteiger partial charge in [0.2, 0.25) is 5.91 Å². The van der Waals surface area contributed by atoms with Crippen molar-refractivity contribution in [1.82, 2.24) is 5.32 Å². The van der Waals surface area contributed by atoms with Crippen molar-refractivity contribution in [3.63, 3.8) is 0 Å². The Hall–Kier alpha value is -1.30. The second-order valence-electron chi connectivity index (χ2n) is 7.37. The molecule has 0 aliphatic carbocycles. The summed E-state index contributed by atoms with van der Waals surface area (Å²) in [4.78, 5) is 22.5. The fourth-order valence-corrected chi connectivity index (χ4v) is 3.34. The lowest BCUT2D eigenvalue weighted by molar-refractivity contribution is -0.344. The van der Waals surface area contributed by atoms with Gasteiger partial charge < -0.3 is 65.4 Å². The molecule has 0 spiro atoms. The SMILES string of the molecule is CC(=O)N[C@H]1[C@@H](OC[C@H](N)C=O)O[C@H](CO)[C@H](O)[C@@H]1OC1O[C@H](CO)[C@H](O)[C@H](O)[C@H]1O. The van der Waals surface area contributed by atoms with E-state index in [0.717, 1.165) is 0 Å². The molecule has 9 N–H and O–H groups in total. The molecule has 31 heavy (non-hydrogen) atoms. The molecule has 2 aliphatic rings. The van der Waals surface area contributed by atoms with Crippen LogP contribution in [0.2, 0.25) is 0 Å². The molecule has 2 rings (SSSR count). The van der Waals surface area contributed by atoms with Crippen LogP contribution in [-0.2, 0) is 28.5 Å². The summed E-state index contributed by atoms with van der Waals surface area (Å²) in [6.07, 6.45) is -13.2. The summed E-state index contributed by atoms with van der Waals surface area (Å²) in [7, 11) is 0. The van der Waals surface area contributed by atoms with Crippen LogP contribution < -0.4 is 11.1 Å². The number of nitrogens with two attached hydrogens (primary N) is 1. The number of nitrogens with one attached hydrogen (secondary N) is 1. The maximum absolute atomic E-state index is 11.7. The van der Waals surface area contributed by atoms with Crippen LogP contribution in [0.25, 0.3) is 0 Å². The fraction of sp³-hybridized carbons (Fsp3) is 0.882. The number of carbonyl (C=O) groups excluding carboxylic acids is 2. The van der Waals surface area contributed by atoms with Crippen LogP contribution in [0.15, 0.2) is 0 Å². The minimum Gasteiger partial charge on any atom is -0.394 e. The molecule has 2 aliphatic heterocycles. The molecular weight excluding hydrogens is 424 g/mol. The van der Waals surface area contributed by atoms with Gasteiger partial charge >= 0.3 is 0 Å². The van der Waals surface area contributed by atoms with E-state index in [1.807, 2.05) is 0 Å². The average Bonchev–Trinajstić information content (AvgIpc) is 2.74. The number of rotatable bonds is 9. The van der Waals surface area contributed by atoms with E-state index in [0.29, 0.717) is 6.29 Å². The first-order valence-corrected chi connectivity index (χ1v) is 9.64. The van der Waals surface area contributed by atoms with Crippen molar-refractivity contribution >= 4 is 12.2 Å². The molecule has 180 valence electrons. The standard InChI is InChI=1S/C17H30N2O12/c1-6(23)19-10-15(31-17-14(27)13(26)11(24)8(3-21)30-17)12(25)9(4-22)29-16(10)28-5-7(18)2-20/h2,7-17,21-22,24-27H,3-5,18H2,1H3,(H,19,23)/t7-,8-,9-,10-,11+,12+,13+,14-,15-,16+,17?/m1/s1. The molecule has 2 fully saturated rings. The van der Waals surface area contributed by atoms with Crippen LogP contribution in [-0.4, -0.2) is 130 Å². The van der Waals surface area contributed by atoms with Crippen molar-refractivity contribution in [3.05, 3.63) is 0 Å². The fourth-order valence-electron chi connectivity index (χ4n) is 3.34. The summed E-state index contributed by atoms with van der Waals surface area (Å²) < 4.78 is 21.8. The Bertz CT molecular complexity index is 595. The lowest BCUT2D eigenvalue weighted by atomic mass is 9.95. The van der Waals surface area contributed by atoms with E-state index < -0.39 is 86.5 Å². The van der Waals surface area contributed by atoms with E-state index in [4.69, 9.17) is 24.7 Å². The molecule has 1 amide bonds. The molecule has 2 saturated heterocycles. The molecule has 11 atom stereocenters. The van der Waals surface area contributed by atoms with Crippen LogP contribution in [0.1, 0.15) is 6.92 Å². The zero-order valence-electron chi connectivity index (χ0n) is 16.8. The third kappa shape index (κ3) is 6.15. The molecule has 0 radical (unpaired) electrons. The molecule has 14 nitrogen and oxygen atoms in total. The van der Waals surface area contributed by atoms with Gasteiger partial charge in [-0.15, -0.1) is 0 Å². The highest BCUT2D eigenvalue weighted by Crippen LogP contribution is 2.29. The second-order valence-corrected chi connectivity index (χ2v) is 7.37. The third-order valence-corrected chi connectivity index (χ3v) is 4.99. The van der Waals surface area contributed by atoms with Gasteiger partial charge in [-0.1, -0.05) is 0 Å². The quantitative estimate of drug-likeness (QED) is 0.152. The molecule has 14 heteroatoms. The molecule has 1 unspecified atom stereocenters. The molecule has 0 aromatic rings. The van der Waals surface area contributed by atoms with Gasteiger partial charge in [-0.3, -0.25) is 4.79 Å². The van der Waals surface area contributed by atoms with E-state index in [2.05, 4.69) is 5.32 Å². The average molecular weight is 454 g/mol. The van der Waals surface area contributed by atoms with Crippen molar-refractivity contribution < 1.29 is 59.2 Å². The van der Waals surface area contributed by atoms with E-state index >= 15 is 0 Å². The van der Waals surface area contributed by atoms with Crippen molar-refractivity contribution in [2.24, 2.45) is 5.73 Å². The normalized spacial score (nSPS) is 42.1. The van der Waals surface area contributed by atoms with Gasteiger partial charge in [0, 0.05) is 6.92 Å². The van der Waals surface area contributed by atoms with Gasteiger partial charge in [-0.05, 0) is 0 Å². The Kier molecular flexibility index (Phi) is 9.66. The second kappa shape index (κ2) is 11.5. The highest BCUT2D eigenvalue weighted by Gasteiger charge is 2.51. The zero-order chi connectivity index (χ0) is 23.3. The predicted molar refractivity (Wildman–Crippen MR) is 98.0 cm³/mol. The van der Waals surface area contributed by atoms with Crippen LogP contribution >= 0.6 is 0 Å². The molecule has 0 aromatic carbocycles. The lowest BCUT2D eigenvalue weighted by Crippen LogP contribution is -2.68. The minimum atomic E-state index is -1.78. The highest BCUT2D eigenvalue weighted by molar-refractivity contribution is 5.73. The summed E-state index contributed by atoms with van der Waals surface area (Å²) in [5, 5.41) is 62.0. The lowest BCUT2D eigenvalue weighted by Gasteiger charge is -2.47. The first-order chi connectivity index (χ1) is 14.6. The Balaban J connectivity index is 2.27. The summed E-state index contributed by atoms with van der Waals surface area (Å²) in [5.74, 6) is -0.570. The van der Waals surface area contributed by atoms with Gasteiger partial charge in [0.05, 0.1) is 25.9 Å². The summed E-state index contributed by atoms with van der Waals surface area (Å²) in [5.41, 5.74) is 5.50. The first kappa shape index (κ1) is 26.0. The first-order valence-electron chi connectivity index (χ1n) is 9.64. The van der Waals surface area contributed by atoms with Crippen molar-refractivity contribution in [2.45, 2.75) is 74.3 Å². The number of aliphatic hydroxyl groups excluding tert-OH is 6. The van der Waals surface area contributed by atoms with Crippen LogP contribution in [0, 0.1) is 0 Å². The molecular formula is C17H30N2O12. The Labute approximate surface area is 177 Å².